The zero-order chi connectivity index (χ0) is 25.8. The number of nitrogens with zero attached hydrogens (tertiary/aromatic N) is 5. The maximum absolute atomic E-state index is 13.3. The lowest BCUT2D eigenvalue weighted by Gasteiger charge is -2.31. The molecular formula is C30H38N6O. The molecule has 0 aliphatic heterocycles. The molecule has 4 aromatic rings. The Hall–Kier alpha value is -3.32. The van der Waals surface area contributed by atoms with Crippen LogP contribution in [0.4, 0.5) is 0 Å². The highest BCUT2D eigenvalue weighted by atomic mass is 16.1. The van der Waals surface area contributed by atoms with Gasteiger partial charge < -0.3 is 4.98 Å². The molecule has 0 spiro atoms. The van der Waals surface area contributed by atoms with Crippen LogP contribution in [0.15, 0.2) is 53.3 Å². The first-order valence-electron chi connectivity index (χ1n) is 13.7. The highest BCUT2D eigenvalue weighted by Gasteiger charge is 2.30. The minimum atomic E-state index is -0.0221. The molecule has 37 heavy (non-hydrogen) atoms. The summed E-state index contributed by atoms with van der Waals surface area (Å²) in [6.07, 6.45) is 7.56. The number of hydrogen-bond donors (Lipinski definition) is 1. The topological polar surface area (TPSA) is 79.7 Å². The van der Waals surface area contributed by atoms with E-state index in [1.807, 2.05) is 0 Å². The Labute approximate surface area is 218 Å². The van der Waals surface area contributed by atoms with Crippen LogP contribution in [0.1, 0.15) is 85.6 Å². The molecular weight excluding hydrogens is 460 g/mol. The van der Waals surface area contributed by atoms with Crippen LogP contribution in [0.5, 0.6) is 0 Å². The zero-order valence-electron chi connectivity index (χ0n) is 22.3. The van der Waals surface area contributed by atoms with Gasteiger partial charge in [-0.25, -0.2) is 4.68 Å². The monoisotopic (exact) mass is 498 g/mol. The molecule has 1 N–H and O–H groups in total. The van der Waals surface area contributed by atoms with E-state index < -0.39 is 0 Å². The second-order valence-corrected chi connectivity index (χ2v) is 10.6. The molecule has 1 fully saturated rings. The Morgan fingerprint density at radius 1 is 1.08 bits per heavy atom. The second kappa shape index (κ2) is 11.4. The predicted molar refractivity (Wildman–Crippen MR) is 148 cm³/mol. The molecule has 0 saturated heterocycles. The lowest BCUT2D eigenvalue weighted by atomic mass is 10.0. The highest BCUT2D eigenvalue weighted by molar-refractivity contribution is 5.80. The van der Waals surface area contributed by atoms with Gasteiger partial charge in [0.1, 0.15) is 0 Å². The van der Waals surface area contributed by atoms with E-state index in [1.165, 1.54) is 29.5 Å². The van der Waals surface area contributed by atoms with Crippen molar-refractivity contribution < 1.29 is 0 Å². The summed E-state index contributed by atoms with van der Waals surface area (Å²) in [6.45, 7) is 7.77. The van der Waals surface area contributed by atoms with Gasteiger partial charge in [0.05, 0.1) is 12.1 Å². The Kier molecular flexibility index (Phi) is 7.79. The number of aromatic amines is 1. The number of H-pyrrole nitrogens is 1. The van der Waals surface area contributed by atoms with Crippen LogP contribution in [0, 0.1) is 13.8 Å². The number of tetrazole rings is 1. The number of aromatic nitrogens is 5. The first-order valence-corrected chi connectivity index (χ1v) is 13.7. The Morgan fingerprint density at radius 3 is 2.59 bits per heavy atom. The number of nitrogens with one attached hydrogen (secondary N) is 1. The third kappa shape index (κ3) is 5.67. The van der Waals surface area contributed by atoms with Gasteiger partial charge in [-0.3, -0.25) is 9.69 Å². The van der Waals surface area contributed by atoms with Gasteiger partial charge >= 0.3 is 0 Å². The van der Waals surface area contributed by atoms with Crippen molar-refractivity contribution in [1.82, 2.24) is 30.1 Å². The number of aryl methyl sites for hydroxylation is 2. The van der Waals surface area contributed by atoms with Gasteiger partial charge in [0, 0.05) is 24.2 Å². The average molecular weight is 499 g/mol. The Balaban J connectivity index is 1.51. The van der Waals surface area contributed by atoms with Crippen molar-refractivity contribution in [3.05, 3.63) is 87.0 Å². The molecule has 194 valence electrons. The molecule has 7 nitrogen and oxygen atoms in total. The molecule has 1 unspecified atom stereocenters. The van der Waals surface area contributed by atoms with Gasteiger partial charge in [0.25, 0.3) is 5.56 Å². The van der Waals surface area contributed by atoms with E-state index in [4.69, 9.17) is 0 Å². The minimum Gasteiger partial charge on any atom is -0.322 e. The van der Waals surface area contributed by atoms with Crippen LogP contribution in [0.2, 0.25) is 0 Å². The van der Waals surface area contributed by atoms with Crippen molar-refractivity contribution in [1.29, 1.82) is 0 Å². The van der Waals surface area contributed by atoms with Crippen molar-refractivity contribution >= 4 is 10.9 Å². The number of fused-ring (bicyclic) bond motifs is 1. The standard InChI is InChI=1S/C30H38N6O/c1-4-10-28(29-32-33-34-36(29)26-13-8-9-14-26)35(16-15-23-11-6-5-7-12-23)20-25-19-24-17-21(2)22(3)18-27(24)31-30(25)37/h5-7,11-12,17-19,26,28H,4,8-10,13-16,20H2,1-3H3,(H,31,37). The molecule has 0 radical (unpaired) electrons. The first kappa shape index (κ1) is 25.3. The SMILES string of the molecule is CCCC(c1nnnn1C1CCCC1)N(CCc1ccccc1)Cc1cc2cc(C)c(C)cc2[nH]c1=O. The fourth-order valence-corrected chi connectivity index (χ4v) is 5.70. The van der Waals surface area contributed by atoms with E-state index in [0.717, 1.165) is 60.9 Å². The lowest BCUT2D eigenvalue weighted by Crippen LogP contribution is -2.35. The summed E-state index contributed by atoms with van der Waals surface area (Å²) in [5, 5.41) is 14.2. The van der Waals surface area contributed by atoms with Crippen molar-refractivity contribution in [3.63, 3.8) is 0 Å². The Morgan fingerprint density at radius 2 is 1.84 bits per heavy atom. The summed E-state index contributed by atoms with van der Waals surface area (Å²) in [6, 6.07) is 17.3. The fourth-order valence-electron chi connectivity index (χ4n) is 5.70. The molecule has 2 aromatic carbocycles. The summed E-state index contributed by atoms with van der Waals surface area (Å²) in [4.78, 5) is 18.8. The van der Waals surface area contributed by atoms with E-state index in [2.05, 4.69) is 99.4 Å². The quantitative estimate of drug-likeness (QED) is 0.297. The van der Waals surface area contributed by atoms with Gasteiger partial charge in [-0.2, -0.15) is 0 Å². The van der Waals surface area contributed by atoms with Crippen molar-refractivity contribution in [3.8, 4) is 0 Å². The normalized spacial score (nSPS) is 15.1. The predicted octanol–water partition coefficient (Wildman–Crippen LogP) is 5.83. The molecule has 1 aliphatic carbocycles. The van der Waals surface area contributed by atoms with Crippen LogP contribution < -0.4 is 5.56 Å². The summed E-state index contributed by atoms with van der Waals surface area (Å²) in [5.74, 6) is 0.936. The minimum absolute atomic E-state index is 0.0221. The summed E-state index contributed by atoms with van der Waals surface area (Å²) in [5.41, 5.74) is 5.35. The largest absolute Gasteiger partial charge is 0.322 e. The summed E-state index contributed by atoms with van der Waals surface area (Å²) < 4.78 is 2.08. The van der Waals surface area contributed by atoms with Crippen LogP contribution in [-0.2, 0) is 13.0 Å². The fraction of sp³-hybridized carbons (Fsp3) is 0.467. The summed E-state index contributed by atoms with van der Waals surface area (Å²) >= 11 is 0. The van der Waals surface area contributed by atoms with Crippen molar-refractivity contribution in [2.75, 3.05) is 6.54 Å². The highest BCUT2D eigenvalue weighted by Crippen LogP contribution is 2.33. The van der Waals surface area contributed by atoms with E-state index in [9.17, 15) is 4.79 Å². The smallest absolute Gasteiger partial charge is 0.252 e. The molecule has 0 bridgehead atoms. The van der Waals surface area contributed by atoms with Crippen LogP contribution in [-0.4, -0.2) is 36.6 Å². The van der Waals surface area contributed by atoms with Gasteiger partial charge in [-0.05, 0) is 90.2 Å². The first-order chi connectivity index (χ1) is 18.0. The van der Waals surface area contributed by atoms with E-state index in [1.54, 1.807) is 0 Å². The molecule has 5 rings (SSSR count). The Bertz CT molecular complexity index is 1390. The second-order valence-electron chi connectivity index (χ2n) is 10.6. The lowest BCUT2D eigenvalue weighted by molar-refractivity contribution is 0.163. The summed E-state index contributed by atoms with van der Waals surface area (Å²) in [7, 11) is 0. The van der Waals surface area contributed by atoms with Gasteiger partial charge in [0.15, 0.2) is 5.82 Å². The number of rotatable bonds is 10. The van der Waals surface area contributed by atoms with Gasteiger partial charge in [-0.1, -0.05) is 56.5 Å². The maximum atomic E-state index is 13.3. The van der Waals surface area contributed by atoms with Gasteiger partial charge in [-0.15, -0.1) is 5.10 Å². The van der Waals surface area contributed by atoms with Crippen LogP contribution in [0.25, 0.3) is 10.9 Å². The molecule has 1 aliphatic rings. The van der Waals surface area contributed by atoms with E-state index >= 15 is 0 Å². The zero-order valence-corrected chi connectivity index (χ0v) is 22.3. The van der Waals surface area contributed by atoms with Crippen LogP contribution >= 0.6 is 0 Å². The number of pyridine rings is 1. The number of benzene rings is 2. The molecule has 0 amide bonds. The van der Waals surface area contributed by atoms with E-state index in [-0.39, 0.29) is 11.6 Å². The van der Waals surface area contributed by atoms with Gasteiger partial charge in [0.2, 0.25) is 0 Å². The van der Waals surface area contributed by atoms with Crippen molar-refractivity contribution in [2.24, 2.45) is 0 Å². The van der Waals surface area contributed by atoms with E-state index in [0.29, 0.717) is 12.6 Å². The molecule has 1 atom stereocenters. The number of hydrogen-bond acceptors (Lipinski definition) is 5. The third-order valence-corrected chi connectivity index (χ3v) is 7.93. The molecule has 2 heterocycles. The van der Waals surface area contributed by atoms with Crippen LogP contribution in [0.3, 0.4) is 0 Å². The molecule has 2 aromatic heterocycles. The third-order valence-electron chi connectivity index (χ3n) is 7.93. The average Bonchev–Trinajstić information content (AvgIpc) is 3.60. The molecule has 1 saturated carbocycles. The van der Waals surface area contributed by atoms with Crippen molar-refractivity contribution in [2.45, 2.75) is 84.3 Å². The molecule has 7 heteroatoms. The maximum Gasteiger partial charge on any atom is 0.252 e.